The summed E-state index contributed by atoms with van der Waals surface area (Å²) in [7, 11) is -8.70. The summed E-state index contributed by atoms with van der Waals surface area (Å²) in [6, 6.07) is 21.8. The minimum absolute atomic E-state index is 0.128. The van der Waals surface area contributed by atoms with Gasteiger partial charge < -0.3 is 23.6 Å². The van der Waals surface area contributed by atoms with E-state index in [1.54, 1.807) is 16.2 Å². The third-order valence-corrected chi connectivity index (χ3v) is 11.2. The monoisotopic (exact) mass is 741 g/mol. The zero-order valence-electron chi connectivity index (χ0n) is 29.3. The zero-order chi connectivity index (χ0) is 36.5. The molecular formula is C37H47N3O7S3. The summed E-state index contributed by atoms with van der Waals surface area (Å²) in [6.45, 7) is 15.0. The number of rotatable bonds is 14. The van der Waals surface area contributed by atoms with E-state index in [9.17, 15) is 25.9 Å². The maximum atomic E-state index is 11.3. The molecule has 13 heteroatoms. The van der Waals surface area contributed by atoms with Crippen molar-refractivity contribution in [3.8, 4) is 16.9 Å². The largest absolute Gasteiger partial charge is 0.748 e. The molecule has 5 rings (SSSR count). The topological polar surface area (TPSA) is 135 Å². The van der Waals surface area contributed by atoms with Gasteiger partial charge in [-0.05, 0) is 81.5 Å². The molecule has 0 amide bonds. The molecular weight excluding hydrogens is 695 g/mol. The second-order valence-corrected chi connectivity index (χ2v) is 16.4. The van der Waals surface area contributed by atoms with Crippen molar-refractivity contribution in [1.29, 1.82) is 0 Å². The van der Waals surface area contributed by atoms with Gasteiger partial charge in [-0.3, -0.25) is 0 Å². The first kappa shape index (κ1) is 39.2. The van der Waals surface area contributed by atoms with E-state index >= 15 is 0 Å². The third-order valence-electron chi connectivity index (χ3n) is 8.48. The molecule has 1 N–H and O–H groups in total. The molecule has 1 aliphatic heterocycles. The number of allylic oxidation sites excluding steroid dienone is 2. The molecule has 4 aromatic rings. The van der Waals surface area contributed by atoms with Crippen LogP contribution in [-0.4, -0.2) is 63.6 Å². The smallest absolute Gasteiger partial charge is 0.263 e. The molecule has 1 aliphatic rings. The fraction of sp³-hybridized carbons (Fsp3) is 0.378. The summed E-state index contributed by atoms with van der Waals surface area (Å²) in [5.74, 6) is 0.188. The highest BCUT2D eigenvalue weighted by Crippen LogP contribution is 2.42. The first-order chi connectivity index (χ1) is 23.7. The van der Waals surface area contributed by atoms with Crippen LogP contribution in [0, 0.1) is 6.92 Å². The maximum absolute atomic E-state index is 11.3. The van der Waals surface area contributed by atoms with Crippen molar-refractivity contribution in [2.24, 2.45) is 0 Å². The lowest BCUT2D eigenvalue weighted by Gasteiger charge is -2.19. The van der Waals surface area contributed by atoms with Gasteiger partial charge in [-0.25, -0.2) is 16.8 Å². The lowest BCUT2D eigenvalue weighted by atomic mass is 10.0. The number of nitrogens with zero attached hydrogens (tertiary/aromatic N) is 2. The molecule has 1 aromatic heterocycles. The molecule has 0 unspecified atom stereocenters. The van der Waals surface area contributed by atoms with E-state index in [0.717, 1.165) is 43.2 Å². The lowest BCUT2D eigenvalue weighted by molar-refractivity contribution is -0.894. The molecule has 2 heterocycles. The van der Waals surface area contributed by atoms with Gasteiger partial charge >= 0.3 is 0 Å². The van der Waals surface area contributed by atoms with Crippen LogP contribution >= 0.6 is 11.3 Å². The molecule has 10 nitrogen and oxygen atoms in total. The number of nitrogens with one attached hydrogen (secondary N) is 1. The number of hydrogen-bond donors (Lipinski definition) is 1. The predicted molar refractivity (Wildman–Crippen MR) is 199 cm³/mol. The number of anilines is 1. The van der Waals surface area contributed by atoms with Crippen molar-refractivity contribution in [1.82, 2.24) is 0 Å². The Labute approximate surface area is 300 Å². The minimum atomic E-state index is -4.37. The molecule has 3 aromatic carbocycles. The number of aromatic nitrogens is 1. The molecule has 0 aliphatic carbocycles. The summed E-state index contributed by atoms with van der Waals surface area (Å²) in [5, 5.41) is 0.879. The highest BCUT2D eigenvalue weighted by molar-refractivity contribution is 7.85. The molecule has 0 radical (unpaired) electrons. The van der Waals surface area contributed by atoms with Crippen LogP contribution in [0.4, 0.5) is 5.69 Å². The number of ether oxygens (including phenoxy) is 1. The van der Waals surface area contributed by atoms with Gasteiger partial charge in [0.05, 0.1) is 45.6 Å². The van der Waals surface area contributed by atoms with Crippen molar-refractivity contribution < 1.29 is 40.1 Å². The Hall–Kier alpha value is -3.59. The number of fused-ring (bicyclic) bond motifs is 2. The predicted octanol–water partition coefficient (Wildman–Crippen LogP) is 5.11. The summed E-state index contributed by atoms with van der Waals surface area (Å²) in [4.78, 5) is 3.56. The van der Waals surface area contributed by atoms with Gasteiger partial charge in [0.1, 0.15) is 4.70 Å². The highest BCUT2D eigenvalue weighted by atomic mass is 32.2. The van der Waals surface area contributed by atoms with Crippen LogP contribution in [0.5, 0.6) is 5.75 Å². The molecule has 0 fully saturated rings. The van der Waals surface area contributed by atoms with Crippen molar-refractivity contribution in [3.05, 3.63) is 94.8 Å². The Kier molecular flexibility index (Phi) is 13.8. The fourth-order valence-corrected chi connectivity index (χ4v) is 7.92. The number of aryl methyl sites for hydroxylation is 2. The number of thiazole rings is 1. The van der Waals surface area contributed by atoms with Gasteiger partial charge in [0.2, 0.25) is 11.4 Å². The molecule has 0 atom stereocenters. The van der Waals surface area contributed by atoms with E-state index < -0.39 is 31.7 Å². The molecule has 270 valence electrons. The van der Waals surface area contributed by atoms with Gasteiger partial charge in [0, 0.05) is 42.7 Å². The Balaban J connectivity index is 0.000000727. The first-order valence-corrected chi connectivity index (χ1v) is 20.9. The zero-order valence-corrected chi connectivity index (χ0v) is 31.8. The van der Waals surface area contributed by atoms with E-state index in [4.69, 9.17) is 4.74 Å². The van der Waals surface area contributed by atoms with E-state index in [1.165, 1.54) is 19.6 Å². The van der Waals surface area contributed by atoms with E-state index in [1.807, 2.05) is 102 Å². The highest BCUT2D eigenvalue weighted by Gasteiger charge is 2.27. The fourth-order valence-electron chi connectivity index (χ4n) is 5.78. The van der Waals surface area contributed by atoms with E-state index in [-0.39, 0.29) is 19.4 Å². The number of hydrogen-bond acceptors (Lipinski definition) is 9. The molecule has 50 heavy (non-hydrogen) atoms. The third kappa shape index (κ3) is 11.2. The Bertz CT molecular complexity index is 2030. The standard InChI is InChI=1S/C31H32N2O7S3.C6H15N/c1-22-10-13-29-27(18-22)33(15-7-17-43(37,38)39)31(41-29)20-23(2)19-30-32(14-6-16-42(34,35)36)26-21-25(11-12-28(26)40-30)24-8-4-3-5-9-24;1-4-7(5-2)6-3/h3-5,8-13,18-21H,6-7,14-17H2,1-2H3,(H-,34,35,36,37,38,39);4-6H2,1-3H3. The lowest BCUT2D eigenvalue weighted by Crippen LogP contribution is -3.11. The molecule has 0 saturated carbocycles. The SMILES string of the molecule is CC(/C=C1\Oc2ccc(-c3ccccc3)cc2N1CCCS(=O)(=O)[O-])=C\c1sc2ccc(C)cc2[n+]1CCCS(=O)(=O)[O-].CC[NH+](CC)CC. The van der Waals surface area contributed by atoms with Crippen LogP contribution in [0.15, 0.2) is 84.3 Å². The van der Waals surface area contributed by atoms with Gasteiger partial charge in [-0.15, -0.1) is 0 Å². The van der Waals surface area contributed by atoms with Gasteiger partial charge in [-0.2, -0.15) is 4.57 Å². The molecule has 0 bridgehead atoms. The molecule has 0 saturated heterocycles. The summed E-state index contributed by atoms with van der Waals surface area (Å²) >= 11 is 1.56. The van der Waals surface area contributed by atoms with E-state index in [0.29, 0.717) is 18.2 Å². The van der Waals surface area contributed by atoms with Gasteiger partial charge in [0.15, 0.2) is 12.3 Å². The maximum Gasteiger partial charge on any atom is 0.263 e. The van der Waals surface area contributed by atoms with Gasteiger partial charge in [0.25, 0.3) is 5.01 Å². The number of benzene rings is 3. The van der Waals surface area contributed by atoms with Crippen LogP contribution in [0.25, 0.3) is 27.4 Å². The quantitative estimate of drug-likeness (QED) is 0.139. The van der Waals surface area contributed by atoms with Crippen molar-refractivity contribution in [2.45, 2.75) is 54.0 Å². The molecule has 0 spiro atoms. The second kappa shape index (κ2) is 17.6. The normalized spacial score (nSPS) is 14.2. The average molecular weight is 742 g/mol. The van der Waals surface area contributed by atoms with Crippen molar-refractivity contribution in [3.63, 3.8) is 0 Å². The Morgan fingerprint density at radius 1 is 0.880 bits per heavy atom. The summed E-state index contributed by atoms with van der Waals surface area (Å²) in [5.41, 5.74) is 5.62. The average Bonchev–Trinajstić information content (AvgIpc) is 3.57. The van der Waals surface area contributed by atoms with Crippen LogP contribution in [-0.2, 0) is 26.8 Å². The van der Waals surface area contributed by atoms with E-state index in [2.05, 4.69) is 20.8 Å². The first-order valence-electron chi connectivity index (χ1n) is 16.9. The Morgan fingerprint density at radius 2 is 1.54 bits per heavy atom. The summed E-state index contributed by atoms with van der Waals surface area (Å²) in [6.07, 6.45) is 4.15. The second-order valence-electron chi connectivity index (χ2n) is 12.3. The van der Waals surface area contributed by atoms with Crippen LogP contribution < -0.4 is 19.1 Å². The minimum Gasteiger partial charge on any atom is -0.748 e. The number of quaternary nitrogens is 1. The van der Waals surface area contributed by atoms with Crippen molar-refractivity contribution in [2.75, 3.05) is 42.6 Å². The van der Waals surface area contributed by atoms with Crippen molar-refractivity contribution >= 4 is 53.6 Å². The van der Waals surface area contributed by atoms with Crippen LogP contribution in [0.1, 0.15) is 51.1 Å². The summed E-state index contributed by atoms with van der Waals surface area (Å²) < 4.78 is 77.0. The van der Waals surface area contributed by atoms with Gasteiger partial charge in [-0.1, -0.05) is 53.8 Å². The Morgan fingerprint density at radius 3 is 2.16 bits per heavy atom. The van der Waals surface area contributed by atoms with Crippen LogP contribution in [0.3, 0.4) is 0 Å². The van der Waals surface area contributed by atoms with Crippen LogP contribution in [0.2, 0.25) is 0 Å².